The molecule has 0 saturated carbocycles. The fourth-order valence-corrected chi connectivity index (χ4v) is 2.60. The molecule has 2 unspecified atom stereocenters. The summed E-state index contributed by atoms with van der Waals surface area (Å²) in [5.41, 5.74) is 7.52. The molecule has 2 atom stereocenters. The summed E-state index contributed by atoms with van der Waals surface area (Å²) in [6.45, 7) is 5.12. The molecule has 3 N–H and O–H groups in total. The third-order valence-corrected chi connectivity index (χ3v) is 4.13. The van der Waals surface area contributed by atoms with Gasteiger partial charge in [-0.25, -0.2) is 4.79 Å². The maximum Gasteiger partial charge on any atom is 0.314 e. The molecule has 3 amide bonds. The van der Waals surface area contributed by atoms with E-state index in [9.17, 15) is 9.59 Å². The topological polar surface area (TPSA) is 75.4 Å². The van der Waals surface area contributed by atoms with Crippen molar-refractivity contribution in [2.24, 2.45) is 5.73 Å². The summed E-state index contributed by atoms with van der Waals surface area (Å²) in [4.78, 5) is 24.9. The SMILES string of the molecule is CCc1ccc(C(C)C(=O)NC2CCN(C(N)=O)C2)cc1. The van der Waals surface area contributed by atoms with Gasteiger partial charge < -0.3 is 16.0 Å². The number of aryl methyl sites for hydroxylation is 1. The minimum absolute atomic E-state index is 0.00219. The smallest absolute Gasteiger partial charge is 0.314 e. The van der Waals surface area contributed by atoms with E-state index in [1.807, 2.05) is 19.1 Å². The van der Waals surface area contributed by atoms with Gasteiger partial charge in [0.15, 0.2) is 0 Å². The van der Waals surface area contributed by atoms with Gasteiger partial charge in [0, 0.05) is 19.1 Å². The first-order chi connectivity index (χ1) is 10.0. The van der Waals surface area contributed by atoms with Gasteiger partial charge in [0.05, 0.1) is 5.92 Å². The molecule has 5 nitrogen and oxygen atoms in total. The molecule has 1 saturated heterocycles. The van der Waals surface area contributed by atoms with Gasteiger partial charge in [0.2, 0.25) is 5.91 Å². The van der Waals surface area contributed by atoms with Crippen LogP contribution in [0.2, 0.25) is 0 Å². The van der Waals surface area contributed by atoms with Crippen LogP contribution in [0.3, 0.4) is 0 Å². The zero-order chi connectivity index (χ0) is 15.4. The van der Waals surface area contributed by atoms with Gasteiger partial charge in [-0.2, -0.15) is 0 Å². The number of nitrogens with one attached hydrogen (secondary N) is 1. The number of urea groups is 1. The Morgan fingerprint density at radius 2 is 2.05 bits per heavy atom. The first-order valence-corrected chi connectivity index (χ1v) is 7.44. The van der Waals surface area contributed by atoms with E-state index in [1.54, 1.807) is 4.90 Å². The number of benzene rings is 1. The van der Waals surface area contributed by atoms with Gasteiger partial charge in [-0.05, 0) is 30.9 Å². The minimum atomic E-state index is -0.421. The maximum atomic E-state index is 12.3. The maximum absolute atomic E-state index is 12.3. The second-order valence-electron chi connectivity index (χ2n) is 5.60. The van der Waals surface area contributed by atoms with E-state index >= 15 is 0 Å². The van der Waals surface area contributed by atoms with E-state index in [-0.39, 0.29) is 17.9 Å². The number of carbonyl (C=O) groups excluding carboxylic acids is 2. The van der Waals surface area contributed by atoms with Crippen molar-refractivity contribution in [1.29, 1.82) is 0 Å². The summed E-state index contributed by atoms with van der Waals surface area (Å²) in [5, 5.41) is 3.00. The first kappa shape index (κ1) is 15.4. The highest BCUT2D eigenvalue weighted by molar-refractivity contribution is 5.83. The van der Waals surface area contributed by atoms with Crippen molar-refractivity contribution >= 4 is 11.9 Å². The predicted octanol–water partition coefficient (Wildman–Crippen LogP) is 1.62. The number of likely N-dealkylation sites (tertiary alicyclic amines) is 1. The molecule has 1 aliphatic heterocycles. The Balaban J connectivity index is 1.92. The summed E-state index contributed by atoms with van der Waals surface area (Å²) in [5.74, 6) is -0.200. The predicted molar refractivity (Wildman–Crippen MR) is 81.9 cm³/mol. The molecule has 1 aromatic carbocycles. The van der Waals surface area contributed by atoms with Crippen molar-refractivity contribution in [2.75, 3.05) is 13.1 Å². The second kappa shape index (κ2) is 6.61. The fraction of sp³-hybridized carbons (Fsp3) is 0.500. The van der Waals surface area contributed by atoms with Gasteiger partial charge in [-0.15, -0.1) is 0 Å². The van der Waals surface area contributed by atoms with Crippen LogP contribution < -0.4 is 11.1 Å². The molecule has 0 aromatic heterocycles. The molecule has 5 heteroatoms. The Morgan fingerprint density at radius 3 is 2.57 bits per heavy atom. The third kappa shape index (κ3) is 3.74. The van der Waals surface area contributed by atoms with Crippen LogP contribution in [-0.4, -0.2) is 36.0 Å². The van der Waals surface area contributed by atoms with E-state index < -0.39 is 6.03 Å². The van der Waals surface area contributed by atoms with Gasteiger partial charge in [-0.1, -0.05) is 31.2 Å². The summed E-state index contributed by atoms with van der Waals surface area (Å²) < 4.78 is 0. The number of rotatable bonds is 4. The highest BCUT2D eigenvalue weighted by Crippen LogP contribution is 2.18. The fourth-order valence-electron chi connectivity index (χ4n) is 2.60. The van der Waals surface area contributed by atoms with Crippen LogP contribution in [0.15, 0.2) is 24.3 Å². The van der Waals surface area contributed by atoms with Crippen LogP contribution in [0, 0.1) is 0 Å². The Hall–Kier alpha value is -2.04. The minimum Gasteiger partial charge on any atom is -0.351 e. The van der Waals surface area contributed by atoms with Crippen LogP contribution in [0.25, 0.3) is 0 Å². The average molecular weight is 289 g/mol. The summed E-state index contributed by atoms with van der Waals surface area (Å²) in [6.07, 6.45) is 1.75. The lowest BCUT2D eigenvalue weighted by molar-refractivity contribution is -0.122. The lowest BCUT2D eigenvalue weighted by Gasteiger charge is -2.18. The van der Waals surface area contributed by atoms with Gasteiger partial charge in [0.25, 0.3) is 0 Å². The van der Waals surface area contributed by atoms with E-state index in [0.29, 0.717) is 13.1 Å². The summed E-state index contributed by atoms with van der Waals surface area (Å²) >= 11 is 0. The Labute approximate surface area is 125 Å². The van der Waals surface area contributed by atoms with Gasteiger partial charge in [-0.3, -0.25) is 4.79 Å². The zero-order valence-electron chi connectivity index (χ0n) is 12.6. The number of nitrogens with zero attached hydrogens (tertiary/aromatic N) is 1. The number of hydrogen-bond acceptors (Lipinski definition) is 2. The molecule has 1 heterocycles. The molecule has 2 rings (SSSR count). The molecular weight excluding hydrogens is 266 g/mol. The number of nitrogens with two attached hydrogens (primary N) is 1. The van der Waals surface area contributed by atoms with Gasteiger partial charge in [0.1, 0.15) is 0 Å². The highest BCUT2D eigenvalue weighted by Gasteiger charge is 2.27. The van der Waals surface area contributed by atoms with Crippen molar-refractivity contribution in [3.8, 4) is 0 Å². The van der Waals surface area contributed by atoms with Crippen LogP contribution in [-0.2, 0) is 11.2 Å². The molecule has 114 valence electrons. The van der Waals surface area contributed by atoms with Gasteiger partial charge >= 0.3 is 6.03 Å². The van der Waals surface area contributed by atoms with Crippen molar-refractivity contribution in [3.05, 3.63) is 35.4 Å². The largest absolute Gasteiger partial charge is 0.351 e. The monoisotopic (exact) mass is 289 g/mol. The molecule has 21 heavy (non-hydrogen) atoms. The quantitative estimate of drug-likeness (QED) is 0.884. The lowest BCUT2D eigenvalue weighted by Crippen LogP contribution is -2.41. The summed E-state index contributed by atoms with van der Waals surface area (Å²) in [7, 11) is 0. The highest BCUT2D eigenvalue weighted by atomic mass is 16.2. The van der Waals surface area contributed by atoms with Crippen molar-refractivity contribution in [2.45, 2.75) is 38.6 Å². The molecule has 1 aromatic rings. The van der Waals surface area contributed by atoms with E-state index in [4.69, 9.17) is 5.73 Å². The van der Waals surface area contributed by atoms with Crippen LogP contribution in [0.1, 0.15) is 37.3 Å². The Morgan fingerprint density at radius 1 is 1.38 bits per heavy atom. The van der Waals surface area contributed by atoms with Crippen molar-refractivity contribution in [3.63, 3.8) is 0 Å². The second-order valence-corrected chi connectivity index (χ2v) is 5.60. The molecule has 1 fully saturated rings. The van der Waals surface area contributed by atoms with Crippen LogP contribution in [0.4, 0.5) is 4.79 Å². The molecule has 0 radical (unpaired) electrons. The Kier molecular flexibility index (Phi) is 4.83. The number of hydrogen-bond donors (Lipinski definition) is 2. The van der Waals surface area contributed by atoms with Crippen LogP contribution >= 0.6 is 0 Å². The number of amides is 3. The van der Waals surface area contributed by atoms with Crippen LogP contribution in [0.5, 0.6) is 0 Å². The van der Waals surface area contributed by atoms with E-state index in [1.165, 1.54) is 5.56 Å². The molecule has 0 aliphatic carbocycles. The van der Waals surface area contributed by atoms with E-state index in [0.717, 1.165) is 18.4 Å². The molecule has 0 bridgehead atoms. The number of carbonyl (C=O) groups is 2. The van der Waals surface area contributed by atoms with E-state index in [2.05, 4.69) is 24.4 Å². The first-order valence-electron chi connectivity index (χ1n) is 7.44. The average Bonchev–Trinajstić information content (AvgIpc) is 2.95. The standard InChI is InChI=1S/C16H23N3O2/c1-3-12-4-6-13(7-5-12)11(2)15(20)18-14-8-9-19(10-14)16(17)21/h4-7,11,14H,3,8-10H2,1-2H3,(H2,17,21)(H,18,20). The third-order valence-electron chi connectivity index (χ3n) is 4.13. The molecule has 1 aliphatic rings. The normalized spacial score (nSPS) is 19.3. The van der Waals surface area contributed by atoms with Crippen molar-refractivity contribution in [1.82, 2.24) is 10.2 Å². The number of primary amides is 1. The summed E-state index contributed by atoms with van der Waals surface area (Å²) in [6, 6.07) is 7.71. The van der Waals surface area contributed by atoms with Crippen molar-refractivity contribution < 1.29 is 9.59 Å². The molecule has 0 spiro atoms. The lowest BCUT2D eigenvalue weighted by atomic mass is 9.98. The molecular formula is C16H23N3O2. The zero-order valence-corrected chi connectivity index (χ0v) is 12.6. The Bertz CT molecular complexity index is 513.